The van der Waals surface area contributed by atoms with Gasteiger partial charge in [-0.1, -0.05) is 18.2 Å². The molecule has 100 valence electrons. The number of nitrogens with two attached hydrogens (primary N) is 1. The number of carbonyl (C=O) groups is 1. The summed E-state index contributed by atoms with van der Waals surface area (Å²) in [7, 11) is 1.76. The van der Waals surface area contributed by atoms with E-state index in [9.17, 15) is 9.18 Å². The number of hydrogen-bond donors (Lipinski definition) is 2. The first-order chi connectivity index (χ1) is 8.60. The van der Waals surface area contributed by atoms with E-state index in [2.05, 4.69) is 5.32 Å². The highest BCUT2D eigenvalue weighted by molar-refractivity contribution is 5.77. The van der Waals surface area contributed by atoms with Gasteiger partial charge < -0.3 is 11.1 Å². The number of carbonyl (C=O) groups excluding carboxylic acids is 1. The van der Waals surface area contributed by atoms with Gasteiger partial charge in [0.2, 0.25) is 5.91 Å². The minimum atomic E-state index is -0.297. The van der Waals surface area contributed by atoms with E-state index in [0.717, 1.165) is 0 Å². The van der Waals surface area contributed by atoms with E-state index in [1.165, 1.54) is 6.07 Å². The first kappa shape index (κ1) is 14.6. The SMILES string of the molecule is CCNC(=O)CN(C)C(CN)c1ccccc1F. The van der Waals surface area contributed by atoms with Crippen LogP contribution in [0.25, 0.3) is 0 Å². The summed E-state index contributed by atoms with van der Waals surface area (Å²) in [5, 5.41) is 2.71. The summed E-state index contributed by atoms with van der Waals surface area (Å²) >= 11 is 0. The van der Waals surface area contributed by atoms with Crippen molar-refractivity contribution in [2.45, 2.75) is 13.0 Å². The molecule has 0 aliphatic rings. The fourth-order valence-corrected chi connectivity index (χ4v) is 1.88. The van der Waals surface area contributed by atoms with Crippen molar-refractivity contribution in [3.05, 3.63) is 35.6 Å². The van der Waals surface area contributed by atoms with Crippen LogP contribution in [0.5, 0.6) is 0 Å². The highest BCUT2D eigenvalue weighted by Gasteiger charge is 2.20. The molecule has 3 N–H and O–H groups in total. The van der Waals surface area contributed by atoms with E-state index in [4.69, 9.17) is 5.73 Å². The third-order valence-electron chi connectivity index (χ3n) is 2.79. The molecule has 0 fully saturated rings. The Labute approximate surface area is 107 Å². The third kappa shape index (κ3) is 3.78. The summed E-state index contributed by atoms with van der Waals surface area (Å²) in [6, 6.07) is 6.20. The zero-order valence-corrected chi connectivity index (χ0v) is 10.8. The summed E-state index contributed by atoms with van der Waals surface area (Å²) in [6.45, 7) is 2.90. The molecular weight excluding hydrogens is 233 g/mol. The number of hydrogen-bond acceptors (Lipinski definition) is 3. The van der Waals surface area contributed by atoms with Gasteiger partial charge in [0.05, 0.1) is 12.6 Å². The van der Waals surface area contributed by atoms with Gasteiger partial charge >= 0.3 is 0 Å². The van der Waals surface area contributed by atoms with Crippen molar-refractivity contribution < 1.29 is 9.18 Å². The fourth-order valence-electron chi connectivity index (χ4n) is 1.88. The van der Waals surface area contributed by atoms with Crippen LogP contribution in [-0.4, -0.2) is 37.5 Å². The van der Waals surface area contributed by atoms with Gasteiger partial charge in [-0.25, -0.2) is 4.39 Å². The highest BCUT2D eigenvalue weighted by Crippen LogP contribution is 2.20. The highest BCUT2D eigenvalue weighted by atomic mass is 19.1. The third-order valence-corrected chi connectivity index (χ3v) is 2.79. The molecule has 0 aliphatic carbocycles. The molecule has 1 aromatic rings. The van der Waals surface area contributed by atoms with Crippen LogP contribution < -0.4 is 11.1 Å². The molecule has 1 aromatic carbocycles. The van der Waals surface area contributed by atoms with Gasteiger partial charge in [-0.15, -0.1) is 0 Å². The number of nitrogens with zero attached hydrogens (tertiary/aromatic N) is 1. The minimum absolute atomic E-state index is 0.0882. The quantitative estimate of drug-likeness (QED) is 0.791. The van der Waals surface area contributed by atoms with Crippen molar-refractivity contribution in [1.82, 2.24) is 10.2 Å². The Hall–Kier alpha value is -1.46. The van der Waals surface area contributed by atoms with Crippen LogP contribution in [-0.2, 0) is 4.79 Å². The predicted octanol–water partition coefficient (Wildman–Crippen LogP) is 0.893. The second kappa shape index (κ2) is 7.08. The molecule has 1 rings (SSSR count). The number of amides is 1. The lowest BCUT2D eigenvalue weighted by molar-refractivity contribution is -0.122. The van der Waals surface area contributed by atoms with Crippen molar-refractivity contribution in [3.8, 4) is 0 Å². The molecule has 0 spiro atoms. The Morgan fingerprint density at radius 3 is 2.72 bits per heavy atom. The molecule has 0 aliphatic heterocycles. The van der Waals surface area contributed by atoms with Crippen LogP contribution in [0.2, 0.25) is 0 Å². The molecule has 18 heavy (non-hydrogen) atoms. The van der Waals surface area contributed by atoms with Crippen molar-refractivity contribution >= 4 is 5.91 Å². The number of benzene rings is 1. The Morgan fingerprint density at radius 2 is 2.17 bits per heavy atom. The molecule has 0 radical (unpaired) electrons. The summed E-state index contributed by atoms with van der Waals surface area (Å²) in [5.74, 6) is -0.384. The van der Waals surface area contributed by atoms with Gasteiger partial charge in [0.15, 0.2) is 0 Å². The largest absolute Gasteiger partial charge is 0.355 e. The molecule has 0 saturated carbocycles. The van der Waals surface area contributed by atoms with Gasteiger partial charge in [-0.05, 0) is 20.0 Å². The van der Waals surface area contributed by atoms with Gasteiger partial charge in [-0.2, -0.15) is 0 Å². The van der Waals surface area contributed by atoms with E-state index in [1.54, 1.807) is 30.1 Å². The topological polar surface area (TPSA) is 58.4 Å². The number of likely N-dealkylation sites (N-methyl/N-ethyl adjacent to an activating group) is 2. The summed E-state index contributed by atoms with van der Waals surface area (Å²) in [6.07, 6.45) is 0. The zero-order chi connectivity index (χ0) is 13.5. The Balaban J connectivity index is 2.77. The van der Waals surface area contributed by atoms with Gasteiger partial charge in [0.25, 0.3) is 0 Å². The second-order valence-electron chi connectivity index (χ2n) is 4.14. The van der Waals surface area contributed by atoms with Crippen LogP contribution in [0.3, 0.4) is 0 Å². The Kier molecular flexibility index (Phi) is 5.74. The molecule has 4 nitrogen and oxygen atoms in total. The molecule has 1 unspecified atom stereocenters. The summed E-state index contributed by atoms with van der Waals surface area (Å²) in [5.41, 5.74) is 6.20. The molecule has 5 heteroatoms. The van der Waals surface area contributed by atoms with Crippen LogP contribution in [0, 0.1) is 5.82 Å². The molecule has 0 bridgehead atoms. The molecule has 1 atom stereocenters. The van der Waals surface area contributed by atoms with Gasteiger partial charge in [0.1, 0.15) is 5.82 Å². The Bertz CT molecular complexity index is 398. The maximum Gasteiger partial charge on any atom is 0.234 e. The standard InChI is InChI=1S/C13H20FN3O/c1-3-16-13(18)9-17(2)12(8-15)10-6-4-5-7-11(10)14/h4-7,12H,3,8-9,15H2,1-2H3,(H,16,18). The van der Waals surface area contributed by atoms with E-state index in [-0.39, 0.29) is 30.9 Å². The van der Waals surface area contributed by atoms with Gasteiger partial charge in [-0.3, -0.25) is 9.69 Å². The van der Waals surface area contributed by atoms with E-state index < -0.39 is 0 Å². The molecule has 0 heterocycles. The summed E-state index contributed by atoms with van der Waals surface area (Å²) < 4.78 is 13.7. The lowest BCUT2D eigenvalue weighted by Gasteiger charge is -2.27. The van der Waals surface area contributed by atoms with Crippen LogP contribution in [0.4, 0.5) is 4.39 Å². The fraction of sp³-hybridized carbons (Fsp3) is 0.462. The van der Waals surface area contributed by atoms with E-state index in [1.807, 2.05) is 6.92 Å². The maximum atomic E-state index is 13.7. The predicted molar refractivity (Wildman–Crippen MR) is 69.5 cm³/mol. The smallest absolute Gasteiger partial charge is 0.234 e. The van der Waals surface area contributed by atoms with Crippen LogP contribution in [0.1, 0.15) is 18.5 Å². The first-order valence-corrected chi connectivity index (χ1v) is 6.01. The average molecular weight is 253 g/mol. The second-order valence-corrected chi connectivity index (χ2v) is 4.14. The monoisotopic (exact) mass is 253 g/mol. The molecular formula is C13H20FN3O. The average Bonchev–Trinajstić information content (AvgIpc) is 2.32. The lowest BCUT2D eigenvalue weighted by Crippen LogP contribution is -2.39. The number of nitrogens with one attached hydrogen (secondary N) is 1. The van der Waals surface area contributed by atoms with Crippen LogP contribution in [0.15, 0.2) is 24.3 Å². The van der Waals surface area contributed by atoms with E-state index >= 15 is 0 Å². The molecule has 1 amide bonds. The summed E-state index contributed by atoms with van der Waals surface area (Å²) in [4.78, 5) is 13.3. The Morgan fingerprint density at radius 1 is 1.50 bits per heavy atom. The minimum Gasteiger partial charge on any atom is -0.355 e. The zero-order valence-electron chi connectivity index (χ0n) is 10.8. The molecule has 0 saturated heterocycles. The maximum absolute atomic E-state index is 13.7. The molecule has 0 aromatic heterocycles. The van der Waals surface area contributed by atoms with E-state index in [0.29, 0.717) is 12.1 Å². The first-order valence-electron chi connectivity index (χ1n) is 6.01. The lowest BCUT2D eigenvalue weighted by atomic mass is 10.1. The normalized spacial score (nSPS) is 12.5. The van der Waals surface area contributed by atoms with Crippen LogP contribution >= 0.6 is 0 Å². The van der Waals surface area contributed by atoms with Crippen molar-refractivity contribution in [3.63, 3.8) is 0 Å². The van der Waals surface area contributed by atoms with Crippen molar-refractivity contribution in [2.75, 3.05) is 26.7 Å². The number of rotatable bonds is 6. The number of halogens is 1. The van der Waals surface area contributed by atoms with Crippen molar-refractivity contribution in [1.29, 1.82) is 0 Å². The van der Waals surface area contributed by atoms with Crippen molar-refractivity contribution in [2.24, 2.45) is 5.73 Å². The van der Waals surface area contributed by atoms with Gasteiger partial charge in [0, 0.05) is 18.7 Å².